The molecule has 1 aromatic heterocycles. The number of hydrogen-bond donors (Lipinski definition) is 1. The summed E-state index contributed by atoms with van der Waals surface area (Å²) >= 11 is 0. The molecule has 3 heteroatoms. The third-order valence-electron chi connectivity index (χ3n) is 2.26. The van der Waals surface area contributed by atoms with E-state index in [9.17, 15) is 4.79 Å². The largest absolute Gasteiger partial charge is 0.493 e. The number of hydrogen-bond acceptors (Lipinski definition) is 3. The maximum absolute atomic E-state index is 11.7. The van der Waals surface area contributed by atoms with E-state index in [1.54, 1.807) is 12.1 Å². The average molecular weight is 225 g/mol. The highest BCUT2D eigenvalue weighted by atomic mass is 16.3. The number of aromatic nitrogens is 1. The monoisotopic (exact) mass is 225 g/mol. The van der Waals surface area contributed by atoms with Gasteiger partial charge in [-0.25, -0.2) is 4.98 Å². The highest BCUT2D eigenvalue weighted by Gasteiger charge is 2.01. The van der Waals surface area contributed by atoms with Gasteiger partial charge in [0.15, 0.2) is 5.78 Å². The van der Waals surface area contributed by atoms with Gasteiger partial charge in [0.1, 0.15) is 0 Å². The summed E-state index contributed by atoms with van der Waals surface area (Å²) in [5.74, 6) is -0.227. The lowest BCUT2D eigenvalue weighted by Crippen LogP contribution is -1.94. The van der Waals surface area contributed by atoms with Crippen LogP contribution in [0.5, 0.6) is 5.88 Å². The molecular weight excluding hydrogens is 214 g/mol. The zero-order valence-electron chi connectivity index (χ0n) is 9.08. The van der Waals surface area contributed by atoms with E-state index in [1.807, 2.05) is 30.3 Å². The van der Waals surface area contributed by atoms with Crippen molar-refractivity contribution in [2.45, 2.75) is 0 Å². The SMILES string of the molecule is O=C(/C=C/c1ccccc1)c1ccc(O)nc1. The van der Waals surface area contributed by atoms with Crippen molar-refractivity contribution in [3.63, 3.8) is 0 Å². The lowest BCUT2D eigenvalue weighted by atomic mass is 10.1. The molecule has 0 unspecified atom stereocenters. The van der Waals surface area contributed by atoms with Gasteiger partial charge in [0.2, 0.25) is 5.88 Å². The van der Waals surface area contributed by atoms with E-state index in [2.05, 4.69) is 4.98 Å². The first-order valence-corrected chi connectivity index (χ1v) is 5.18. The van der Waals surface area contributed by atoms with Crippen LogP contribution < -0.4 is 0 Å². The van der Waals surface area contributed by atoms with Gasteiger partial charge in [0.25, 0.3) is 0 Å². The number of ketones is 1. The highest BCUT2D eigenvalue weighted by molar-refractivity contribution is 6.06. The Morgan fingerprint density at radius 2 is 1.88 bits per heavy atom. The Kier molecular flexibility index (Phi) is 3.31. The summed E-state index contributed by atoms with van der Waals surface area (Å²) in [6, 6.07) is 12.5. The summed E-state index contributed by atoms with van der Waals surface area (Å²) in [7, 11) is 0. The van der Waals surface area contributed by atoms with Crippen LogP contribution >= 0.6 is 0 Å². The van der Waals surface area contributed by atoms with Crippen molar-refractivity contribution in [3.05, 3.63) is 65.9 Å². The van der Waals surface area contributed by atoms with Crippen molar-refractivity contribution in [2.75, 3.05) is 0 Å². The van der Waals surface area contributed by atoms with Crippen LogP contribution in [0, 0.1) is 0 Å². The van der Waals surface area contributed by atoms with Crippen molar-refractivity contribution in [3.8, 4) is 5.88 Å². The molecule has 1 heterocycles. The zero-order valence-corrected chi connectivity index (χ0v) is 9.08. The van der Waals surface area contributed by atoms with Crippen LogP contribution in [0.3, 0.4) is 0 Å². The van der Waals surface area contributed by atoms with Crippen molar-refractivity contribution in [1.29, 1.82) is 0 Å². The molecule has 0 saturated carbocycles. The molecule has 0 amide bonds. The minimum absolute atomic E-state index is 0.0893. The summed E-state index contributed by atoms with van der Waals surface area (Å²) in [6.07, 6.45) is 4.59. The summed E-state index contributed by atoms with van der Waals surface area (Å²) in [4.78, 5) is 15.4. The fraction of sp³-hybridized carbons (Fsp3) is 0. The second-order valence-corrected chi connectivity index (χ2v) is 3.51. The van der Waals surface area contributed by atoms with E-state index in [0.29, 0.717) is 5.56 Å². The number of rotatable bonds is 3. The molecule has 2 aromatic rings. The maximum Gasteiger partial charge on any atom is 0.210 e. The molecule has 1 aromatic carbocycles. The van der Waals surface area contributed by atoms with Gasteiger partial charge in [-0.05, 0) is 17.7 Å². The molecule has 3 nitrogen and oxygen atoms in total. The molecular formula is C14H11NO2. The first-order chi connectivity index (χ1) is 8.25. The molecule has 0 bridgehead atoms. The molecule has 0 fully saturated rings. The van der Waals surface area contributed by atoms with Gasteiger partial charge in [0, 0.05) is 17.8 Å². The van der Waals surface area contributed by atoms with Crippen molar-refractivity contribution in [1.82, 2.24) is 4.98 Å². The summed E-state index contributed by atoms with van der Waals surface area (Å²) in [5.41, 5.74) is 1.42. The zero-order chi connectivity index (χ0) is 12.1. The maximum atomic E-state index is 11.7. The van der Waals surface area contributed by atoms with Gasteiger partial charge in [-0.15, -0.1) is 0 Å². The lowest BCUT2D eigenvalue weighted by molar-refractivity contribution is 0.104. The Bertz CT molecular complexity index is 530. The molecule has 17 heavy (non-hydrogen) atoms. The Labute approximate surface area is 99.1 Å². The molecule has 1 N–H and O–H groups in total. The number of nitrogens with zero attached hydrogens (tertiary/aromatic N) is 1. The molecule has 0 radical (unpaired) electrons. The van der Waals surface area contributed by atoms with Crippen LogP contribution in [0.2, 0.25) is 0 Å². The Hall–Kier alpha value is -2.42. The minimum Gasteiger partial charge on any atom is -0.493 e. The molecule has 0 aliphatic heterocycles. The fourth-order valence-corrected chi connectivity index (χ4v) is 1.36. The number of pyridine rings is 1. The Morgan fingerprint density at radius 1 is 1.12 bits per heavy atom. The molecule has 0 saturated heterocycles. The van der Waals surface area contributed by atoms with Crippen LogP contribution in [0.25, 0.3) is 6.08 Å². The molecule has 2 rings (SSSR count). The average Bonchev–Trinajstić information content (AvgIpc) is 2.38. The van der Waals surface area contributed by atoms with E-state index >= 15 is 0 Å². The smallest absolute Gasteiger partial charge is 0.210 e. The van der Waals surface area contributed by atoms with Crippen molar-refractivity contribution < 1.29 is 9.90 Å². The van der Waals surface area contributed by atoms with Gasteiger partial charge < -0.3 is 5.11 Å². The van der Waals surface area contributed by atoms with E-state index in [-0.39, 0.29) is 11.7 Å². The first-order valence-electron chi connectivity index (χ1n) is 5.18. The summed E-state index contributed by atoms with van der Waals surface area (Å²) < 4.78 is 0. The van der Waals surface area contributed by atoms with Crippen LogP contribution in [0.1, 0.15) is 15.9 Å². The fourth-order valence-electron chi connectivity index (χ4n) is 1.36. The van der Waals surface area contributed by atoms with Crippen LogP contribution in [0.4, 0.5) is 0 Å². The number of allylic oxidation sites excluding steroid dienone is 1. The standard InChI is InChI=1S/C14H11NO2/c16-13(12-7-9-14(17)15-10-12)8-6-11-4-2-1-3-5-11/h1-10H,(H,15,17)/b8-6+. The number of carbonyl (C=O) groups is 1. The molecule has 0 aliphatic rings. The second kappa shape index (κ2) is 5.07. The molecule has 0 aliphatic carbocycles. The first kappa shape index (κ1) is 11.1. The van der Waals surface area contributed by atoms with Gasteiger partial charge in [-0.1, -0.05) is 36.4 Å². The van der Waals surface area contributed by atoms with E-state index in [4.69, 9.17) is 5.11 Å². The number of aromatic hydroxyl groups is 1. The predicted octanol–water partition coefficient (Wildman–Crippen LogP) is 2.68. The van der Waals surface area contributed by atoms with Crippen LogP contribution in [-0.2, 0) is 0 Å². The second-order valence-electron chi connectivity index (χ2n) is 3.51. The van der Waals surface area contributed by atoms with Gasteiger partial charge in [0.05, 0.1) is 0 Å². The Morgan fingerprint density at radius 3 is 2.53 bits per heavy atom. The van der Waals surface area contributed by atoms with Gasteiger partial charge >= 0.3 is 0 Å². The van der Waals surface area contributed by atoms with E-state index in [1.165, 1.54) is 18.3 Å². The normalized spacial score (nSPS) is 10.6. The Balaban J connectivity index is 2.12. The highest BCUT2D eigenvalue weighted by Crippen LogP contribution is 2.08. The lowest BCUT2D eigenvalue weighted by Gasteiger charge is -1.95. The summed E-state index contributed by atoms with van der Waals surface area (Å²) in [6.45, 7) is 0. The molecule has 0 spiro atoms. The van der Waals surface area contributed by atoms with Crippen LogP contribution in [0.15, 0.2) is 54.7 Å². The van der Waals surface area contributed by atoms with Crippen molar-refractivity contribution >= 4 is 11.9 Å². The quantitative estimate of drug-likeness (QED) is 0.645. The minimum atomic E-state index is -0.138. The van der Waals surface area contributed by atoms with Crippen molar-refractivity contribution in [2.24, 2.45) is 0 Å². The third kappa shape index (κ3) is 3.01. The van der Waals surface area contributed by atoms with Crippen LogP contribution in [-0.4, -0.2) is 15.9 Å². The molecule has 84 valence electrons. The predicted molar refractivity (Wildman–Crippen MR) is 65.7 cm³/mol. The molecule has 0 atom stereocenters. The number of benzene rings is 1. The third-order valence-corrected chi connectivity index (χ3v) is 2.26. The van der Waals surface area contributed by atoms with Gasteiger partial charge in [-0.3, -0.25) is 4.79 Å². The van der Waals surface area contributed by atoms with E-state index < -0.39 is 0 Å². The summed E-state index contributed by atoms with van der Waals surface area (Å²) in [5, 5.41) is 9.01. The van der Waals surface area contributed by atoms with E-state index in [0.717, 1.165) is 5.56 Å². The topological polar surface area (TPSA) is 50.2 Å². The number of carbonyl (C=O) groups excluding carboxylic acids is 1. The van der Waals surface area contributed by atoms with Gasteiger partial charge in [-0.2, -0.15) is 0 Å².